The Kier molecular flexibility index (Phi) is 5.94. The molecule has 28 heavy (non-hydrogen) atoms. The van der Waals surface area contributed by atoms with Gasteiger partial charge in [-0.25, -0.2) is 0 Å². The van der Waals surface area contributed by atoms with E-state index < -0.39 is 0 Å². The van der Waals surface area contributed by atoms with Gasteiger partial charge in [0.1, 0.15) is 6.07 Å². The highest BCUT2D eigenvalue weighted by Gasteiger charge is 2.11. The van der Waals surface area contributed by atoms with Crippen LogP contribution in [0.2, 0.25) is 0 Å². The predicted octanol–water partition coefficient (Wildman–Crippen LogP) is 6.51. The van der Waals surface area contributed by atoms with Crippen LogP contribution in [0.4, 0.5) is 5.69 Å². The summed E-state index contributed by atoms with van der Waals surface area (Å²) >= 11 is 0. The van der Waals surface area contributed by atoms with E-state index in [0.717, 1.165) is 39.0 Å². The number of aromatic nitrogens is 1. The molecule has 0 amide bonds. The summed E-state index contributed by atoms with van der Waals surface area (Å²) in [5, 5.41) is 14.3. The maximum Gasteiger partial charge on any atom is 0.101 e. The van der Waals surface area contributed by atoms with Gasteiger partial charge in [0.15, 0.2) is 0 Å². The van der Waals surface area contributed by atoms with Gasteiger partial charge < -0.3 is 10.3 Å². The molecule has 0 atom stereocenters. The first-order valence-corrected chi connectivity index (χ1v) is 9.18. The molecule has 3 aromatic rings. The highest BCUT2D eigenvalue weighted by Crippen LogP contribution is 2.28. The second-order valence-corrected chi connectivity index (χ2v) is 6.39. The van der Waals surface area contributed by atoms with Crippen molar-refractivity contribution in [2.75, 3.05) is 5.32 Å². The zero-order valence-corrected chi connectivity index (χ0v) is 16.2. The molecule has 138 valence electrons. The number of hydrogen-bond acceptors (Lipinski definition) is 2. The van der Waals surface area contributed by atoms with Crippen LogP contribution in [-0.2, 0) is 0 Å². The van der Waals surface area contributed by atoms with E-state index in [0.29, 0.717) is 5.57 Å². The van der Waals surface area contributed by atoms with Crippen LogP contribution in [0.15, 0.2) is 96.4 Å². The van der Waals surface area contributed by atoms with Gasteiger partial charge in [-0.1, -0.05) is 61.2 Å². The molecule has 0 aliphatic heterocycles. The molecule has 1 heterocycles. The van der Waals surface area contributed by atoms with Crippen molar-refractivity contribution < 1.29 is 0 Å². The SMILES string of the molecule is C=CC(/C=C/c1ccccc1)=C(Nc1ccc2[nH]ccc2c1C)\C(C#N)=C/C. The molecule has 3 rings (SSSR count). The van der Waals surface area contributed by atoms with Crippen molar-refractivity contribution in [3.05, 3.63) is 108 Å². The summed E-state index contributed by atoms with van der Waals surface area (Å²) in [5.74, 6) is 0. The maximum absolute atomic E-state index is 9.66. The van der Waals surface area contributed by atoms with Gasteiger partial charge in [-0.2, -0.15) is 5.26 Å². The third kappa shape index (κ3) is 3.97. The fraction of sp³-hybridized carbons (Fsp3) is 0.0800. The van der Waals surface area contributed by atoms with E-state index in [1.807, 2.05) is 73.8 Å². The molecule has 0 aliphatic carbocycles. The van der Waals surface area contributed by atoms with Gasteiger partial charge in [-0.3, -0.25) is 0 Å². The lowest BCUT2D eigenvalue weighted by Gasteiger charge is -2.16. The normalized spacial score (nSPS) is 12.7. The van der Waals surface area contributed by atoms with Crippen molar-refractivity contribution in [3.8, 4) is 6.07 Å². The Morgan fingerprint density at radius 1 is 1.14 bits per heavy atom. The molecule has 0 radical (unpaired) electrons. The smallest absolute Gasteiger partial charge is 0.101 e. The van der Waals surface area contributed by atoms with Crippen LogP contribution in [0.3, 0.4) is 0 Å². The Morgan fingerprint density at radius 3 is 2.61 bits per heavy atom. The molecule has 2 N–H and O–H groups in total. The first-order chi connectivity index (χ1) is 13.7. The van der Waals surface area contributed by atoms with Crippen molar-refractivity contribution in [1.82, 2.24) is 4.98 Å². The summed E-state index contributed by atoms with van der Waals surface area (Å²) in [7, 11) is 0. The van der Waals surface area contributed by atoms with E-state index in [2.05, 4.69) is 35.9 Å². The summed E-state index contributed by atoms with van der Waals surface area (Å²) < 4.78 is 0. The quantitative estimate of drug-likeness (QED) is 0.386. The number of nitrogens with zero attached hydrogens (tertiary/aromatic N) is 1. The van der Waals surface area contributed by atoms with E-state index in [9.17, 15) is 5.26 Å². The van der Waals surface area contributed by atoms with E-state index in [-0.39, 0.29) is 0 Å². The lowest BCUT2D eigenvalue weighted by Crippen LogP contribution is -2.06. The van der Waals surface area contributed by atoms with Gasteiger partial charge >= 0.3 is 0 Å². The molecule has 0 fully saturated rings. The topological polar surface area (TPSA) is 51.6 Å². The van der Waals surface area contributed by atoms with Crippen molar-refractivity contribution in [1.29, 1.82) is 5.26 Å². The molecular formula is C25H23N3. The largest absolute Gasteiger partial charge is 0.361 e. The van der Waals surface area contributed by atoms with Gasteiger partial charge in [0.25, 0.3) is 0 Å². The van der Waals surface area contributed by atoms with E-state index >= 15 is 0 Å². The van der Waals surface area contributed by atoms with E-state index in [1.165, 1.54) is 0 Å². The molecule has 3 heteroatoms. The Labute approximate surface area is 166 Å². The van der Waals surface area contributed by atoms with Crippen LogP contribution in [0.5, 0.6) is 0 Å². The zero-order valence-electron chi connectivity index (χ0n) is 16.2. The molecule has 0 unspecified atom stereocenters. The minimum Gasteiger partial charge on any atom is -0.361 e. The van der Waals surface area contributed by atoms with E-state index in [4.69, 9.17) is 0 Å². The lowest BCUT2D eigenvalue weighted by atomic mass is 10.0. The number of benzene rings is 2. The summed E-state index contributed by atoms with van der Waals surface area (Å²) in [6.45, 7) is 7.90. The number of nitriles is 1. The number of rotatable bonds is 6. The zero-order chi connectivity index (χ0) is 19.9. The lowest BCUT2D eigenvalue weighted by molar-refractivity contribution is 1.33. The minimum atomic E-state index is 0.571. The van der Waals surface area contributed by atoms with Crippen molar-refractivity contribution in [2.24, 2.45) is 0 Å². The number of H-pyrrole nitrogens is 1. The van der Waals surface area contributed by atoms with Crippen LogP contribution < -0.4 is 5.32 Å². The Bertz CT molecular complexity index is 1120. The van der Waals surface area contributed by atoms with Crippen molar-refractivity contribution >= 4 is 22.7 Å². The summed E-state index contributed by atoms with van der Waals surface area (Å²) in [6, 6.07) is 18.5. The number of nitrogens with one attached hydrogen (secondary N) is 2. The Hall–Kier alpha value is -3.77. The summed E-state index contributed by atoms with van der Waals surface area (Å²) in [5.41, 5.74) is 6.43. The molecule has 0 saturated heterocycles. The molecular weight excluding hydrogens is 342 g/mol. The van der Waals surface area contributed by atoms with Crippen LogP contribution in [-0.4, -0.2) is 4.98 Å². The third-order valence-electron chi connectivity index (χ3n) is 4.71. The molecule has 3 nitrogen and oxygen atoms in total. The number of allylic oxidation sites excluding steroid dienone is 5. The third-order valence-corrected chi connectivity index (χ3v) is 4.71. The van der Waals surface area contributed by atoms with Crippen LogP contribution in [0.25, 0.3) is 17.0 Å². The fourth-order valence-electron chi connectivity index (χ4n) is 3.12. The molecule has 0 bridgehead atoms. The first kappa shape index (κ1) is 19.0. The average molecular weight is 365 g/mol. The van der Waals surface area contributed by atoms with Crippen LogP contribution in [0, 0.1) is 18.3 Å². The first-order valence-electron chi connectivity index (χ1n) is 9.18. The van der Waals surface area contributed by atoms with Crippen LogP contribution in [0.1, 0.15) is 18.1 Å². The van der Waals surface area contributed by atoms with Gasteiger partial charge in [0.2, 0.25) is 0 Å². The number of anilines is 1. The molecule has 0 saturated carbocycles. The minimum absolute atomic E-state index is 0.571. The second-order valence-electron chi connectivity index (χ2n) is 6.39. The molecule has 0 aliphatic rings. The predicted molar refractivity (Wildman–Crippen MR) is 119 cm³/mol. The summed E-state index contributed by atoms with van der Waals surface area (Å²) in [4.78, 5) is 3.23. The van der Waals surface area contributed by atoms with Crippen molar-refractivity contribution in [3.63, 3.8) is 0 Å². The summed E-state index contributed by atoms with van der Waals surface area (Å²) in [6.07, 6.45) is 9.52. The standard InChI is InChI=1S/C25H23N3/c1-4-20(12-11-19-9-7-6-8-10-19)25(21(5-2)17-26)28-23-13-14-24-22(18(23)3)15-16-27-24/h4-16,27-28H,1H2,2-3H3/b12-11+,21-5-,25-20-. The van der Waals surface area contributed by atoms with Gasteiger partial charge in [-0.15, -0.1) is 0 Å². The van der Waals surface area contributed by atoms with E-state index in [1.54, 1.807) is 6.08 Å². The van der Waals surface area contributed by atoms with Gasteiger partial charge in [0, 0.05) is 22.8 Å². The highest BCUT2D eigenvalue weighted by molar-refractivity contribution is 5.88. The maximum atomic E-state index is 9.66. The van der Waals surface area contributed by atoms with Gasteiger partial charge in [0.05, 0.1) is 11.3 Å². The number of hydrogen-bond donors (Lipinski definition) is 2. The molecule has 2 aromatic carbocycles. The highest BCUT2D eigenvalue weighted by atomic mass is 14.9. The van der Waals surface area contributed by atoms with Crippen LogP contribution >= 0.6 is 0 Å². The van der Waals surface area contributed by atoms with Crippen molar-refractivity contribution in [2.45, 2.75) is 13.8 Å². The number of fused-ring (bicyclic) bond motifs is 1. The monoisotopic (exact) mass is 365 g/mol. The number of aromatic amines is 1. The molecule has 1 aromatic heterocycles. The average Bonchev–Trinajstić information content (AvgIpc) is 3.21. The number of aryl methyl sites for hydroxylation is 1. The Balaban J connectivity index is 2.07. The van der Waals surface area contributed by atoms with Gasteiger partial charge in [-0.05, 0) is 48.7 Å². The molecule has 0 spiro atoms. The second kappa shape index (κ2) is 8.75. The fourth-order valence-corrected chi connectivity index (χ4v) is 3.12. The Morgan fingerprint density at radius 2 is 1.93 bits per heavy atom.